The van der Waals surface area contributed by atoms with E-state index in [1.165, 1.54) is 25.3 Å². The molecule has 0 spiro atoms. The fraction of sp³-hybridized carbons (Fsp3) is 0.600. The van der Waals surface area contributed by atoms with E-state index in [2.05, 4.69) is 12.2 Å². The van der Waals surface area contributed by atoms with Gasteiger partial charge >= 0.3 is 0 Å². The first kappa shape index (κ1) is 15.5. The zero-order chi connectivity index (χ0) is 13.4. The van der Waals surface area contributed by atoms with Crippen molar-refractivity contribution in [1.29, 1.82) is 0 Å². The lowest BCUT2D eigenvalue weighted by Crippen LogP contribution is -2.13. The summed E-state index contributed by atoms with van der Waals surface area (Å²) in [7, 11) is 0. The van der Waals surface area contributed by atoms with Gasteiger partial charge in [-0.2, -0.15) is 0 Å². The molecule has 0 atom stereocenters. The predicted molar refractivity (Wildman–Crippen MR) is 76.9 cm³/mol. The lowest BCUT2D eigenvalue weighted by Gasteiger charge is -2.07. The molecule has 1 aromatic rings. The third-order valence-electron chi connectivity index (χ3n) is 3.13. The van der Waals surface area contributed by atoms with Gasteiger partial charge in [0.2, 0.25) is 0 Å². The fourth-order valence-corrected chi connectivity index (χ4v) is 2.25. The molecular weight excluding hydrogens is 249 g/mol. The molecule has 1 N–H and O–H groups in total. The van der Waals surface area contributed by atoms with Crippen LogP contribution in [-0.4, -0.2) is 13.1 Å². The van der Waals surface area contributed by atoms with Crippen molar-refractivity contribution in [2.75, 3.05) is 13.1 Å². The first-order valence-electron chi connectivity index (χ1n) is 6.80. The molecule has 0 bridgehead atoms. The molecule has 0 fully saturated rings. The highest BCUT2D eigenvalue weighted by Gasteiger charge is 2.05. The molecule has 0 aromatic heterocycles. The molecule has 0 heterocycles. The van der Waals surface area contributed by atoms with Crippen LogP contribution in [0.1, 0.15) is 43.7 Å². The minimum absolute atomic E-state index is 0.214. The average Bonchev–Trinajstić information content (AvgIpc) is 2.34. The van der Waals surface area contributed by atoms with Crippen molar-refractivity contribution in [1.82, 2.24) is 5.32 Å². The second-order valence-electron chi connectivity index (χ2n) is 4.71. The summed E-state index contributed by atoms with van der Waals surface area (Å²) in [5.74, 6) is -0.214. The third-order valence-corrected chi connectivity index (χ3v) is 3.48. The molecule has 3 heteroatoms. The number of benzene rings is 1. The highest BCUT2D eigenvalue weighted by Crippen LogP contribution is 2.22. The lowest BCUT2D eigenvalue weighted by molar-refractivity contribution is 0.596. The molecule has 0 unspecified atom stereocenters. The Balaban J connectivity index is 2.25. The summed E-state index contributed by atoms with van der Waals surface area (Å²) in [6, 6.07) is 3.30. The Morgan fingerprint density at radius 1 is 1.17 bits per heavy atom. The Kier molecular flexibility index (Phi) is 7.29. The van der Waals surface area contributed by atoms with E-state index in [4.69, 9.17) is 11.6 Å². The fourth-order valence-electron chi connectivity index (χ4n) is 2.00. The molecular formula is C15H23ClFN. The Labute approximate surface area is 115 Å². The summed E-state index contributed by atoms with van der Waals surface area (Å²) in [6.07, 6.45) is 5.74. The number of halogens is 2. The topological polar surface area (TPSA) is 12.0 Å². The minimum Gasteiger partial charge on any atom is -0.317 e. The van der Waals surface area contributed by atoms with E-state index in [0.717, 1.165) is 31.5 Å². The van der Waals surface area contributed by atoms with Crippen LogP contribution in [0.3, 0.4) is 0 Å². The number of unbranched alkanes of at least 4 members (excludes halogenated alkanes) is 3. The van der Waals surface area contributed by atoms with E-state index < -0.39 is 0 Å². The zero-order valence-electron chi connectivity index (χ0n) is 11.4. The van der Waals surface area contributed by atoms with Crippen LogP contribution < -0.4 is 5.32 Å². The zero-order valence-corrected chi connectivity index (χ0v) is 12.1. The maximum atomic E-state index is 13.2. The van der Waals surface area contributed by atoms with Crippen LogP contribution in [0, 0.1) is 12.7 Å². The van der Waals surface area contributed by atoms with Gasteiger partial charge in [-0.3, -0.25) is 0 Å². The van der Waals surface area contributed by atoms with E-state index in [-0.39, 0.29) is 5.82 Å². The van der Waals surface area contributed by atoms with Gasteiger partial charge in [0.15, 0.2) is 0 Å². The number of rotatable bonds is 8. The van der Waals surface area contributed by atoms with Crippen LogP contribution in [0.2, 0.25) is 5.02 Å². The first-order valence-corrected chi connectivity index (χ1v) is 7.18. The van der Waals surface area contributed by atoms with Crippen LogP contribution in [0.15, 0.2) is 12.1 Å². The summed E-state index contributed by atoms with van der Waals surface area (Å²) in [6.45, 7) is 6.06. The molecule has 0 amide bonds. The molecule has 18 heavy (non-hydrogen) atoms. The van der Waals surface area contributed by atoms with E-state index in [0.29, 0.717) is 10.6 Å². The van der Waals surface area contributed by atoms with Crippen molar-refractivity contribution < 1.29 is 4.39 Å². The Hall–Kier alpha value is -0.600. The second-order valence-corrected chi connectivity index (χ2v) is 5.12. The van der Waals surface area contributed by atoms with Gasteiger partial charge in [-0.05, 0) is 56.5 Å². The van der Waals surface area contributed by atoms with Crippen molar-refractivity contribution in [2.24, 2.45) is 0 Å². The average molecular weight is 272 g/mol. The normalized spacial score (nSPS) is 10.9. The van der Waals surface area contributed by atoms with Crippen LogP contribution in [0.4, 0.5) is 4.39 Å². The molecule has 0 saturated carbocycles. The monoisotopic (exact) mass is 271 g/mol. The van der Waals surface area contributed by atoms with Crippen LogP contribution >= 0.6 is 11.6 Å². The number of nitrogens with one attached hydrogen (secondary N) is 1. The Bertz CT molecular complexity index is 366. The van der Waals surface area contributed by atoms with Gasteiger partial charge in [-0.25, -0.2) is 4.39 Å². The first-order chi connectivity index (χ1) is 8.65. The van der Waals surface area contributed by atoms with Gasteiger partial charge in [-0.15, -0.1) is 0 Å². The van der Waals surface area contributed by atoms with Gasteiger partial charge in [0, 0.05) is 5.02 Å². The molecule has 0 aliphatic carbocycles. The van der Waals surface area contributed by atoms with E-state index in [1.807, 2.05) is 6.07 Å². The maximum absolute atomic E-state index is 13.2. The number of hydrogen-bond donors (Lipinski definition) is 1. The SMILES string of the molecule is CCNCCCCCCc1cc(C)c(F)cc1Cl. The molecule has 1 aromatic carbocycles. The van der Waals surface area contributed by atoms with Gasteiger partial charge in [0.25, 0.3) is 0 Å². The standard InChI is InChI=1S/C15H23ClFN/c1-3-18-9-7-5-4-6-8-13-10-12(2)15(17)11-14(13)16/h10-11,18H,3-9H2,1-2H3. The molecule has 0 radical (unpaired) electrons. The Morgan fingerprint density at radius 3 is 2.61 bits per heavy atom. The van der Waals surface area contributed by atoms with E-state index in [1.54, 1.807) is 6.92 Å². The molecule has 1 rings (SSSR count). The van der Waals surface area contributed by atoms with Crippen molar-refractivity contribution >= 4 is 11.6 Å². The van der Waals surface area contributed by atoms with Gasteiger partial charge in [0.05, 0.1) is 0 Å². The lowest BCUT2D eigenvalue weighted by atomic mass is 10.0. The summed E-state index contributed by atoms with van der Waals surface area (Å²) in [5.41, 5.74) is 1.75. The minimum atomic E-state index is -0.214. The summed E-state index contributed by atoms with van der Waals surface area (Å²) >= 11 is 6.03. The largest absolute Gasteiger partial charge is 0.317 e. The highest BCUT2D eigenvalue weighted by atomic mass is 35.5. The molecule has 0 aliphatic heterocycles. The molecule has 0 aliphatic rings. The van der Waals surface area contributed by atoms with E-state index in [9.17, 15) is 4.39 Å². The molecule has 102 valence electrons. The summed E-state index contributed by atoms with van der Waals surface area (Å²) in [4.78, 5) is 0. The Morgan fingerprint density at radius 2 is 1.89 bits per heavy atom. The number of aryl methyl sites for hydroxylation is 2. The van der Waals surface area contributed by atoms with Gasteiger partial charge in [-0.1, -0.05) is 37.4 Å². The highest BCUT2D eigenvalue weighted by molar-refractivity contribution is 6.31. The van der Waals surface area contributed by atoms with Crippen molar-refractivity contribution in [3.63, 3.8) is 0 Å². The molecule has 0 saturated heterocycles. The quantitative estimate of drug-likeness (QED) is 0.687. The maximum Gasteiger partial charge on any atom is 0.127 e. The molecule has 1 nitrogen and oxygen atoms in total. The van der Waals surface area contributed by atoms with Gasteiger partial charge in [0.1, 0.15) is 5.82 Å². The van der Waals surface area contributed by atoms with Crippen molar-refractivity contribution in [3.8, 4) is 0 Å². The summed E-state index contributed by atoms with van der Waals surface area (Å²) in [5, 5.41) is 3.88. The van der Waals surface area contributed by atoms with Crippen LogP contribution in [-0.2, 0) is 6.42 Å². The van der Waals surface area contributed by atoms with Crippen LogP contribution in [0.5, 0.6) is 0 Å². The van der Waals surface area contributed by atoms with Crippen molar-refractivity contribution in [3.05, 3.63) is 34.1 Å². The third kappa shape index (κ3) is 5.36. The van der Waals surface area contributed by atoms with Crippen LogP contribution in [0.25, 0.3) is 0 Å². The predicted octanol–water partition coefficient (Wildman–Crippen LogP) is 4.50. The van der Waals surface area contributed by atoms with Gasteiger partial charge < -0.3 is 5.32 Å². The second kappa shape index (κ2) is 8.49. The summed E-state index contributed by atoms with van der Waals surface area (Å²) < 4.78 is 13.2. The number of hydrogen-bond acceptors (Lipinski definition) is 1. The van der Waals surface area contributed by atoms with Crippen molar-refractivity contribution in [2.45, 2.75) is 46.0 Å². The smallest absolute Gasteiger partial charge is 0.127 e. The van der Waals surface area contributed by atoms with E-state index >= 15 is 0 Å².